The van der Waals surface area contributed by atoms with Crippen molar-refractivity contribution >= 4 is 23.2 Å². The molecule has 0 N–H and O–H groups in total. The molecule has 7 heteroatoms. The van der Waals surface area contributed by atoms with Crippen molar-refractivity contribution in [3.63, 3.8) is 0 Å². The maximum Gasteiger partial charge on any atom is 0.236 e. The molecule has 1 unspecified atom stereocenters. The Morgan fingerprint density at radius 3 is 2.53 bits per heavy atom. The van der Waals surface area contributed by atoms with Crippen molar-refractivity contribution in [1.29, 1.82) is 0 Å². The number of piperazine rings is 1. The Morgan fingerprint density at radius 2 is 1.83 bits per heavy atom. The fraction of sp³-hybridized carbons (Fsp3) is 0.478. The second-order valence-electron chi connectivity index (χ2n) is 8.34. The molecule has 5 nitrogen and oxygen atoms in total. The predicted octanol–water partition coefficient (Wildman–Crippen LogP) is 3.16. The van der Waals surface area contributed by atoms with Crippen molar-refractivity contribution in [2.75, 3.05) is 39.3 Å². The Morgan fingerprint density at radius 1 is 1.10 bits per heavy atom. The first kappa shape index (κ1) is 21.0. The number of halogens is 1. The van der Waals surface area contributed by atoms with Gasteiger partial charge in [-0.15, -0.1) is 11.3 Å². The van der Waals surface area contributed by atoms with Gasteiger partial charge in [0.25, 0.3) is 0 Å². The van der Waals surface area contributed by atoms with Gasteiger partial charge in [-0.2, -0.15) is 0 Å². The van der Waals surface area contributed by atoms with E-state index in [1.807, 2.05) is 29.7 Å². The summed E-state index contributed by atoms with van der Waals surface area (Å²) in [5, 5.41) is 2.08. The number of amides is 2. The third kappa shape index (κ3) is 4.27. The fourth-order valence-corrected chi connectivity index (χ4v) is 5.32. The molecule has 2 amide bonds. The number of carbonyl (C=O) groups is 2. The number of rotatable bonds is 4. The molecule has 1 aromatic carbocycles. The highest BCUT2D eigenvalue weighted by Gasteiger charge is 2.33. The third-order valence-corrected chi connectivity index (χ3v) is 7.00. The Balaban J connectivity index is 1.47. The van der Waals surface area contributed by atoms with E-state index in [1.165, 1.54) is 16.5 Å². The normalized spacial score (nSPS) is 19.8. The molecule has 0 radical (unpaired) electrons. The second-order valence-corrected chi connectivity index (χ2v) is 9.34. The highest BCUT2D eigenvalue weighted by molar-refractivity contribution is 7.10. The van der Waals surface area contributed by atoms with Crippen LogP contribution in [0.5, 0.6) is 0 Å². The average molecular weight is 430 g/mol. The van der Waals surface area contributed by atoms with Gasteiger partial charge in [-0.3, -0.25) is 14.5 Å². The number of hydrogen-bond donors (Lipinski definition) is 0. The molecule has 1 atom stereocenters. The Bertz CT molecular complexity index is 921. The Kier molecular flexibility index (Phi) is 6.20. The maximum atomic E-state index is 13.9. The van der Waals surface area contributed by atoms with E-state index in [1.54, 1.807) is 23.5 Å². The smallest absolute Gasteiger partial charge is 0.236 e. The molecular formula is C23H28FN3O2S. The van der Waals surface area contributed by atoms with Crippen LogP contribution < -0.4 is 0 Å². The van der Waals surface area contributed by atoms with Crippen molar-refractivity contribution in [2.45, 2.75) is 26.3 Å². The van der Waals surface area contributed by atoms with E-state index in [4.69, 9.17) is 0 Å². The molecule has 1 aromatic heterocycles. The van der Waals surface area contributed by atoms with E-state index >= 15 is 0 Å². The van der Waals surface area contributed by atoms with Crippen molar-refractivity contribution in [2.24, 2.45) is 5.92 Å². The second kappa shape index (κ2) is 8.86. The molecule has 2 aliphatic rings. The molecule has 3 heterocycles. The van der Waals surface area contributed by atoms with Crippen molar-refractivity contribution in [1.82, 2.24) is 14.7 Å². The van der Waals surface area contributed by atoms with Crippen molar-refractivity contribution in [3.8, 4) is 0 Å². The molecule has 160 valence electrons. The van der Waals surface area contributed by atoms with E-state index in [9.17, 15) is 14.0 Å². The molecular weight excluding hydrogens is 401 g/mol. The summed E-state index contributed by atoms with van der Waals surface area (Å²) in [6.45, 7) is 7.19. The third-order valence-electron chi connectivity index (χ3n) is 6.01. The number of nitrogens with zero attached hydrogens (tertiary/aromatic N) is 3. The zero-order valence-electron chi connectivity index (χ0n) is 17.5. The summed E-state index contributed by atoms with van der Waals surface area (Å²) < 4.78 is 13.9. The quantitative estimate of drug-likeness (QED) is 0.750. The van der Waals surface area contributed by atoms with Crippen LogP contribution in [-0.4, -0.2) is 65.8 Å². The minimum atomic E-state index is -0.257. The van der Waals surface area contributed by atoms with Gasteiger partial charge in [0.15, 0.2) is 0 Å². The van der Waals surface area contributed by atoms with Gasteiger partial charge in [0.1, 0.15) is 5.82 Å². The van der Waals surface area contributed by atoms with Crippen molar-refractivity contribution in [3.05, 3.63) is 57.5 Å². The number of fused-ring (bicyclic) bond motifs is 1. The summed E-state index contributed by atoms with van der Waals surface area (Å²) in [5.74, 6) is -0.0551. The van der Waals surface area contributed by atoms with Crippen LogP contribution in [0.15, 0.2) is 35.7 Å². The summed E-state index contributed by atoms with van der Waals surface area (Å²) in [6.07, 6.45) is 0.906. The molecule has 0 aliphatic carbocycles. The summed E-state index contributed by atoms with van der Waals surface area (Å²) in [6, 6.07) is 8.69. The first-order valence-electron chi connectivity index (χ1n) is 10.6. The monoisotopic (exact) mass is 429 g/mol. The molecule has 0 spiro atoms. The molecule has 0 saturated carbocycles. The van der Waals surface area contributed by atoms with E-state index in [2.05, 4.69) is 16.3 Å². The van der Waals surface area contributed by atoms with Crippen molar-refractivity contribution < 1.29 is 14.0 Å². The van der Waals surface area contributed by atoms with Crippen LogP contribution in [0.2, 0.25) is 0 Å². The van der Waals surface area contributed by atoms with Gasteiger partial charge in [0.2, 0.25) is 11.8 Å². The zero-order valence-corrected chi connectivity index (χ0v) is 18.3. The van der Waals surface area contributed by atoms with Gasteiger partial charge in [0, 0.05) is 43.5 Å². The molecule has 2 aliphatic heterocycles. The van der Waals surface area contributed by atoms with Crippen LogP contribution in [0.3, 0.4) is 0 Å². The zero-order chi connectivity index (χ0) is 21.3. The van der Waals surface area contributed by atoms with Crippen LogP contribution in [0.1, 0.15) is 35.9 Å². The molecule has 1 saturated heterocycles. The topological polar surface area (TPSA) is 43.9 Å². The van der Waals surface area contributed by atoms with Gasteiger partial charge in [-0.25, -0.2) is 4.39 Å². The fourth-order valence-electron chi connectivity index (χ4n) is 4.42. The van der Waals surface area contributed by atoms with Gasteiger partial charge in [0.05, 0.1) is 12.6 Å². The number of hydrogen-bond acceptors (Lipinski definition) is 4. The molecule has 4 rings (SSSR count). The summed E-state index contributed by atoms with van der Waals surface area (Å²) >= 11 is 1.73. The lowest BCUT2D eigenvalue weighted by molar-refractivity contribution is -0.142. The highest BCUT2D eigenvalue weighted by Crippen LogP contribution is 2.37. The Hall–Kier alpha value is -2.25. The van der Waals surface area contributed by atoms with Crippen LogP contribution in [0.4, 0.5) is 4.39 Å². The molecule has 1 fully saturated rings. The molecule has 2 aromatic rings. The largest absolute Gasteiger partial charge is 0.339 e. The lowest BCUT2D eigenvalue weighted by atomic mass is 9.93. The van der Waals surface area contributed by atoms with Crippen LogP contribution in [0, 0.1) is 11.7 Å². The van der Waals surface area contributed by atoms with E-state index in [0.717, 1.165) is 18.5 Å². The average Bonchev–Trinajstić information content (AvgIpc) is 3.21. The van der Waals surface area contributed by atoms with E-state index < -0.39 is 0 Å². The number of benzene rings is 1. The summed E-state index contributed by atoms with van der Waals surface area (Å²) in [5.41, 5.74) is 2.06. The van der Waals surface area contributed by atoms with Crippen LogP contribution in [-0.2, 0) is 16.0 Å². The lowest BCUT2D eigenvalue weighted by Gasteiger charge is -2.39. The lowest BCUT2D eigenvalue weighted by Crippen LogP contribution is -2.54. The number of carbonyl (C=O) groups excluding carboxylic acids is 2. The first-order chi connectivity index (χ1) is 14.4. The van der Waals surface area contributed by atoms with Gasteiger partial charge in [-0.1, -0.05) is 26.0 Å². The highest BCUT2D eigenvalue weighted by atomic mass is 32.1. The van der Waals surface area contributed by atoms with Gasteiger partial charge in [-0.05, 0) is 41.1 Å². The standard InChI is InChI=1S/C23H28FN3O2S/c1-16(2)23(29)26-11-9-25(10-12-26)21(28)15-27-8-6-20-19(7-13-30-20)22(27)17-4-3-5-18(24)14-17/h3-5,7,13-14,16,22H,6,8-12,15H2,1-2H3. The minimum absolute atomic E-state index is 0.0209. The SMILES string of the molecule is CC(C)C(=O)N1CCN(C(=O)CN2CCc3sccc3C2c2cccc(F)c2)CC1. The van der Waals surface area contributed by atoms with Gasteiger partial charge >= 0.3 is 0 Å². The van der Waals surface area contributed by atoms with Crippen LogP contribution >= 0.6 is 11.3 Å². The van der Waals surface area contributed by atoms with E-state index in [0.29, 0.717) is 32.7 Å². The van der Waals surface area contributed by atoms with E-state index in [-0.39, 0.29) is 29.6 Å². The maximum absolute atomic E-state index is 13.9. The van der Waals surface area contributed by atoms with Gasteiger partial charge < -0.3 is 9.80 Å². The minimum Gasteiger partial charge on any atom is -0.339 e. The Labute approximate surface area is 181 Å². The molecule has 0 bridgehead atoms. The summed E-state index contributed by atoms with van der Waals surface area (Å²) in [4.78, 5) is 32.5. The predicted molar refractivity (Wildman–Crippen MR) is 116 cm³/mol. The van der Waals surface area contributed by atoms with Crippen LogP contribution in [0.25, 0.3) is 0 Å². The first-order valence-corrected chi connectivity index (χ1v) is 11.4. The summed E-state index contributed by atoms with van der Waals surface area (Å²) in [7, 11) is 0. The molecule has 30 heavy (non-hydrogen) atoms. The number of thiophene rings is 1.